The van der Waals surface area contributed by atoms with Crippen LogP contribution < -0.4 is 0 Å². The molecule has 0 aromatic heterocycles. The van der Waals surface area contributed by atoms with E-state index < -0.39 is 12.4 Å². The van der Waals surface area contributed by atoms with Crippen molar-refractivity contribution in [1.82, 2.24) is 0 Å². The number of halogens is 6. The molecule has 1 aromatic carbocycles. The largest absolute Gasteiger partial charge is 6.00 e. The van der Waals surface area contributed by atoms with E-state index in [9.17, 15) is 26.3 Å². The van der Waals surface area contributed by atoms with Gasteiger partial charge >= 0.3 is 34.5 Å². The second-order valence-corrected chi connectivity index (χ2v) is 2.19. The molecule has 20 heavy (non-hydrogen) atoms. The summed E-state index contributed by atoms with van der Waals surface area (Å²) in [6, 6.07) is 10.1. The summed E-state index contributed by atoms with van der Waals surface area (Å²) in [4.78, 5) is 0. The maximum atomic E-state index is 10.5. The van der Waals surface area contributed by atoms with Crippen LogP contribution in [0.3, 0.4) is 0 Å². The zero-order valence-corrected chi connectivity index (χ0v) is 10.5. The molecule has 108 valence electrons. The molecule has 0 bridgehead atoms. The Morgan fingerprint density at radius 2 is 1.35 bits per heavy atom. The smallest absolute Gasteiger partial charge is 0.214 e. The van der Waals surface area contributed by atoms with Crippen LogP contribution in [0, 0.1) is 23.4 Å². The minimum Gasteiger partial charge on any atom is -0.214 e. The molecule has 10 heteroatoms. The summed E-state index contributed by atoms with van der Waals surface area (Å²) < 4.78 is 70.2. The molecule has 0 atom stereocenters. The Morgan fingerprint density at radius 1 is 1.10 bits per heavy atom. The summed E-state index contributed by atoms with van der Waals surface area (Å²) in [5.41, 5.74) is 0. The van der Waals surface area contributed by atoms with Gasteiger partial charge in [-0.15, -0.1) is 0 Å². The minimum atomic E-state index is -4.65. The zero-order valence-electron chi connectivity index (χ0n) is 9.36. The number of hydrogen-bond donors (Lipinski definition) is 1. The van der Waals surface area contributed by atoms with Crippen molar-refractivity contribution in [2.45, 2.75) is 12.4 Å². The zero-order chi connectivity index (χ0) is 15.9. The molecule has 0 fully saturated rings. The van der Waals surface area contributed by atoms with Gasteiger partial charge in [-0.1, -0.05) is 0 Å². The first-order valence-electron chi connectivity index (χ1n) is 3.98. The average molecular weight is 340 g/mol. The summed E-state index contributed by atoms with van der Waals surface area (Å²) in [6.07, 6.45) is -8.84. The van der Waals surface area contributed by atoms with Crippen molar-refractivity contribution in [2.24, 2.45) is 0 Å². The van der Waals surface area contributed by atoms with Crippen molar-refractivity contribution in [2.75, 3.05) is 0 Å². The van der Waals surface area contributed by atoms with Crippen LogP contribution in [0.1, 0.15) is 0 Å². The van der Waals surface area contributed by atoms with E-state index in [1.54, 1.807) is 0 Å². The Bertz CT molecular complexity index is 347. The van der Waals surface area contributed by atoms with E-state index in [0.29, 0.717) is 6.21 Å². The van der Waals surface area contributed by atoms with Crippen LogP contribution in [0.4, 0.5) is 26.3 Å². The fraction of sp³-hybridized carbons (Fsp3) is 0.200. The van der Waals surface area contributed by atoms with Crippen LogP contribution >= 0.6 is 0 Å². The molecule has 0 unspecified atom stereocenters. The molecule has 0 saturated carbocycles. The molecule has 0 radical (unpaired) electrons. The van der Waals surface area contributed by atoms with Gasteiger partial charge in [-0.25, -0.2) is 25.3 Å². The molecule has 0 aliphatic carbocycles. The Kier molecular flexibility index (Phi) is 20.7. The Balaban J connectivity index is -0.0000000883. The molecule has 1 N–H and O–H groups in total. The van der Waals surface area contributed by atoms with E-state index in [2.05, 4.69) is 6.65 Å². The number of nitriles is 1. The number of nitrogens with one attached hydrogen (secondary N) is 1. The maximum absolute atomic E-state index is 10.5. The SMILES string of the molecule is N#CC(F)(F)F.N=[C-]C(F)(F)F.[C-]#[O+].[Fe+6].c1cc[cH-]c1. The second kappa shape index (κ2) is 15.4. The standard InChI is InChI=1S/C5H5.C2HF3N.C2F3N.CO.Fe/c1-2-4-5-3-1;2*3-2(4,5)1-6;1-2;/h1-5H;6H;;;/q2*-1;;;+6. The van der Waals surface area contributed by atoms with Gasteiger partial charge in [-0.3, -0.25) is 6.21 Å². The van der Waals surface area contributed by atoms with Gasteiger partial charge in [0.1, 0.15) is 0 Å². The third kappa shape index (κ3) is 44.1. The Morgan fingerprint density at radius 3 is 1.40 bits per heavy atom. The summed E-state index contributed by atoms with van der Waals surface area (Å²) in [6.45, 7) is 4.50. The van der Waals surface area contributed by atoms with E-state index in [1.807, 2.05) is 30.3 Å². The van der Waals surface area contributed by atoms with Crippen LogP contribution in [-0.4, -0.2) is 18.6 Å². The number of alkyl halides is 6. The molecular formula is C10H6F6FeN2O+4. The summed E-state index contributed by atoms with van der Waals surface area (Å²) >= 11 is 0. The first-order valence-corrected chi connectivity index (χ1v) is 3.98. The second-order valence-electron chi connectivity index (χ2n) is 2.19. The topological polar surface area (TPSA) is 67.5 Å². The van der Waals surface area contributed by atoms with Crippen LogP contribution in [-0.2, 0) is 21.7 Å². The van der Waals surface area contributed by atoms with Gasteiger partial charge < -0.3 is 5.41 Å². The summed E-state index contributed by atoms with van der Waals surface area (Å²) in [5.74, 6) is 0. The minimum absolute atomic E-state index is 0. The Labute approximate surface area is 121 Å². The van der Waals surface area contributed by atoms with Crippen molar-refractivity contribution in [3.63, 3.8) is 0 Å². The molecule has 0 saturated heterocycles. The normalized spacial score (nSPS) is 8.55. The van der Waals surface area contributed by atoms with Gasteiger partial charge in [-0.05, 0) is 0 Å². The van der Waals surface area contributed by atoms with Gasteiger partial charge in [0, 0.05) is 0 Å². The predicted molar refractivity (Wildman–Crippen MR) is 51.4 cm³/mol. The number of nitrogens with zero attached hydrogens (tertiary/aromatic N) is 1. The first kappa shape index (κ1) is 26.8. The van der Waals surface area contributed by atoms with Crippen molar-refractivity contribution in [1.29, 1.82) is 10.7 Å². The summed E-state index contributed by atoms with van der Waals surface area (Å²) in [5, 5.41) is 12.5. The molecular weight excluding hydrogens is 334 g/mol. The molecule has 0 aliphatic heterocycles. The van der Waals surface area contributed by atoms with Gasteiger partial charge in [0.05, 0.1) is 0 Å². The molecule has 1 aromatic rings. The quantitative estimate of drug-likeness (QED) is 0.254. The van der Waals surface area contributed by atoms with Gasteiger partial charge in [0.15, 0.2) is 6.07 Å². The Hall–Kier alpha value is -1.65. The third-order valence-electron chi connectivity index (χ3n) is 0.824. The van der Waals surface area contributed by atoms with Gasteiger partial charge in [0.2, 0.25) is 0 Å². The van der Waals surface area contributed by atoms with Crippen LogP contribution in [0.5, 0.6) is 0 Å². The number of hydrogen-bond acceptors (Lipinski definition) is 2. The van der Waals surface area contributed by atoms with E-state index >= 15 is 0 Å². The van der Waals surface area contributed by atoms with Crippen molar-refractivity contribution < 1.29 is 48.1 Å². The van der Waals surface area contributed by atoms with Crippen molar-refractivity contribution >= 4 is 6.21 Å². The molecule has 0 spiro atoms. The molecule has 0 heterocycles. The molecule has 0 aliphatic rings. The summed E-state index contributed by atoms with van der Waals surface area (Å²) in [7, 11) is 0. The molecule has 0 amide bonds. The third-order valence-corrected chi connectivity index (χ3v) is 0.824. The van der Waals surface area contributed by atoms with E-state index in [0.717, 1.165) is 0 Å². The maximum Gasteiger partial charge on any atom is 6.00 e. The average Bonchev–Trinajstić information content (AvgIpc) is 2.89. The first-order chi connectivity index (χ1) is 8.62. The number of rotatable bonds is 0. The van der Waals surface area contributed by atoms with Crippen molar-refractivity contribution in [3.05, 3.63) is 37.0 Å². The molecule has 3 nitrogen and oxygen atoms in total. The fourth-order valence-electron chi connectivity index (χ4n) is 0.321. The van der Waals surface area contributed by atoms with Crippen LogP contribution in [0.25, 0.3) is 0 Å². The fourth-order valence-corrected chi connectivity index (χ4v) is 0.321. The predicted octanol–water partition coefficient (Wildman–Crippen LogP) is 3.51. The molecule has 1 rings (SSSR count). The van der Waals surface area contributed by atoms with Crippen LogP contribution in [0.15, 0.2) is 30.3 Å². The van der Waals surface area contributed by atoms with E-state index in [1.165, 1.54) is 0 Å². The van der Waals surface area contributed by atoms with Gasteiger partial charge in [0.25, 0.3) is 6.18 Å². The monoisotopic (exact) mass is 340 g/mol. The van der Waals surface area contributed by atoms with E-state index in [-0.39, 0.29) is 23.1 Å². The van der Waals surface area contributed by atoms with Crippen LogP contribution in [0.2, 0.25) is 0 Å². The van der Waals surface area contributed by atoms with Gasteiger partial charge in [-0.2, -0.15) is 36.6 Å². The van der Waals surface area contributed by atoms with E-state index in [4.69, 9.17) is 15.3 Å². The van der Waals surface area contributed by atoms with Crippen molar-refractivity contribution in [3.8, 4) is 6.07 Å².